The Hall–Kier alpha value is -0.860. The molecule has 3 nitrogen and oxygen atoms in total. The summed E-state index contributed by atoms with van der Waals surface area (Å²) in [6.07, 6.45) is 2.14. The number of carbonyl (C=O) groups excluding carboxylic acids is 2. The van der Waals surface area contributed by atoms with Crippen LogP contribution in [0.1, 0.15) is 33.1 Å². The summed E-state index contributed by atoms with van der Waals surface area (Å²) in [6, 6.07) is 0. The molecular formula is C9H15NO2. The van der Waals surface area contributed by atoms with Gasteiger partial charge in [0.05, 0.1) is 0 Å². The molecule has 12 heavy (non-hydrogen) atoms. The maximum atomic E-state index is 11.3. The van der Waals surface area contributed by atoms with Crippen molar-refractivity contribution in [2.24, 2.45) is 11.8 Å². The van der Waals surface area contributed by atoms with E-state index in [1.807, 2.05) is 13.8 Å². The first-order valence-electron chi connectivity index (χ1n) is 4.48. The van der Waals surface area contributed by atoms with E-state index < -0.39 is 0 Å². The Balaban J connectivity index is 2.71. The zero-order chi connectivity index (χ0) is 9.14. The van der Waals surface area contributed by atoms with Crippen LogP contribution in [0.2, 0.25) is 0 Å². The van der Waals surface area contributed by atoms with Crippen LogP contribution in [0, 0.1) is 11.8 Å². The van der Waals surface area contributed by atoms with Crippen LogP contribution in [-0.2, 0) is 9.59 Å². The summed E-state index contributed by atoms with van der Waals surface area (Å²) in [5.74, 6) is 0.146. The van der Waals surface area contributed by atoms with Gasteiger partial charge in [0.25, 0.3) is 0 Å². The molecule has 1 aliphatic heterocycles. The number of rotatable bonds is 1. The van der Waals surface area contributed by atoms with Crippen molar-refractivity contribution in [1.82, 2.24) is 5.32 Å². The number of imide groups is 1. The van der Waals surface area contributed by atoms with Crippen molar-refractivity contribution in [3.63, 3.8) is 0 Å². The third kappa shape index (κ3) is 1.84. The second-order valence-electron chi connectivity index (χ2n) is 3.44. The maximum Gasteiger partial charge on any atom is 0.229 e. The highest BCUT2D eigenvalue weighted by atomic mass is 16.2. The van der Waals surface area contributed by atoms with Crippen molar-refractivity contribution in [3.8, 4) is 0 Å². The summed E-state index contributed by atoms with van der Waals surface area (Å²) in [5.41, 5.74) is 0. The summed E-state index contributed by atoms with van der Waals surface area (Å²) >= 11 is 0. The van der Waals surface area contributed by atoms with Crippen molar-refractivity contribution < 1.29 is 9.59 Å². The number of carbonyl (C=O) groups is 2. The average Bonchev–Trinajstić information content (AvgIpc) is 2.12. The summed E-state index contributed by atoms with van der Waals surface area (Å²) in [7, 11) is 0. The zero-order valence-corrected chi connectivity index (χ0v) is 7.59. The van der Waals surface area contributed by atoms with Gasteiger partial charge in [-0.05, 0) is 18.8 Å². The Labute approximate surface area is 72.5 Å². The predicted octanol–water partition coefficient (Wildman–Crippen LogP) is 1.09. The number of nitrogens with one attached hydrogen (secondary N) is 1. The summed E-state index contributed by atoms with van der Waals surface area (Å²) in [5, 5.41) is 2.40. The molecule has 0 aromatic carbocycles. The van der Waals surface area contributed by atoms with Gasteiger partial charge < -0.3 is 0 Å². The number of hydrogen-bond donors (Lipinski definition) is 1. The molecule has 2 unspecified atom stereocenters. The van der Waals surface area contributed by atoms with Crippen LogP contribution >= 0.6 is 0 Å². The monoisotopic (exact) mass is 169 g/mol. The normalized spacial score (nSPS) is 31.2. The molecule has 0 saturated carbocycles. The number of amides is 2. The van der Waals surface area contributed by atoms with Crippen LogP contribution in [0.15, 0.2) is 0 Å². The van der Waals surface area contributed by atoms with Crippen LogP contribution in [0.3, 0.4) is 0 Å². The van der Waals surface area contributed by atoms with Crippen molar-refractivity contribution >= 4 is 11.8 Å². The Morgan fingerprint density at radius 2 is 2.17 bits per heavy atom. The fourth-order valence-corrected chi connectivity index (χ4v) is 1.70. The molecule has 0 aliphatic carbocycles. The molecule has 0 bridgehead atoms. The lowest BCUT2D eigenvalue weighted by Gasteiger charge is -2.16. The molecule has 0 radical (unpaired) electrons. The second kappa shape index (κ2) is 3.70. The third-order valence-corrected chi connectivity index (χ3v) is 2.55. The Kier molecular flexibility index (Phi) is 2.84. The molecule has 1 rings (SSSR count). The minimum Gasteiger partial charge on any atom is -0.296 e. The molecule has 1 heterocycles. The lowest BCUT2D eigenvalue weighted by Crippen LogP contribution is -2.34. The topological polar surface area (TPSA) is 46.2 Å². The molecular weight excluding hydrogens is 154 g/mol. The van der Waals surface area contributed by atoms with Gasteiger partial charge in [0, 0.05) is 12.3 Å². The van der Waals surface area contributed by atoms with Crippen LogP contribution in [0.25, 0.3) is 0 Å². The standard InChI is InChI=1S/C9H15NO2/c1-3-7-6(2)4-5-8(11)10-9(7)12/h6-7H,3-5H2,1-2H3,(H,10,11,12). The van der Waals surface area contributed by atoms with E-state index in [2.05, 4.69) is 5.32 Å². The molecule has 0 spiro atoms. The van der Waals surface area contributed by atoms with Crippen LogP contribution in [-0.4, -0.2) is 11.8 Å². The van der Waals surface area contributed by atoms with Crippen LogP contribution in [0.4, 0.5) is 0 Å². The first kappa shape index (κ1) is 9.23. The highest BCUT2D eigenvalue weighted by Gasteiger charge is 2.28. The Morgan fingerprint density at radius 1 is 1.50 bits per heavy atom. The van der Waals surface area contributed by atoms with E-state index in [1.54, 1.807) is 0 Å². The van der Waals surface area contributed by atoms with Crippen LogP contribution < -0.4 is 5.32 Å². The summed E-state index contributed by atoms with van der Waals surface area (Å²) < 4.78 is 0. The molecule has 3 heteroatoms. The smallest absolute Gasteiger partial charge is 0.229 e. The molecule has 1 saturated heterocycles. The number of hydrogen-bond acceptors (Lipinski definition) is 2. The second-order valence-corrected chi connectivity index (χ2v) is 3.44. The first-order valence-corrected chi connectivity index (χ1v) is 4.48. The zero-order valence-electron chi connectivity index (χ0n) is 7.59. The molecule has 1 N–H and O–H groups in total. The predicted molar refractivity (Wildman–Crippen MR) is 45.3 cm³/mol. The van der Waals surface area contributed by atoms with Gasteiger partial charge in [-0.15, -0.1) is 0 Å². The van der Waals surface area contributed by atoms with Gasteiger partial charge in [0.1, 0.15) is 0 Å². The summed E-state index contributed by atoms with van der Waals surface area (Å²) in [4.78, 5) is 22.3. The average molecular weight is 169 g/mol. The van der Waals surface area contributed by atoms with Gasteiger partial charge in [-0.3, -0.25) is 14.9 Å². The van der Waals surface area contributed by atoms with Gasteiger partial charge in [-0.25, -0.2) is 0 Å². The lowest BCUT2D eigenvalue weighted by molar-refractivity contribution is -0.132. The van der Waals surface area contributed by atoms with Gasteiger partial charge in [-0.1, -0.05) is 13.8 Å². The fourth-order valence-electron chi connectivity index (χ4n) is 1.70. The van der Waals surface area contributed by atoms with E-state index in [-0.39, 0.29) is 17.7 Å². The van der Waals surface area contributed by atoms with Crippen LogP contribution in [0.5, 0.6) is 0 Å². The molecule has 1 fully saturated rings. The molecule has 2 atom stereocenters. The van der Waals surface area contributed by atoms with E-state index in [9.17, 15) is 9.59 Å². The van der Waals surface area contributed by atoms with E-state index >= 15 is 0 Å². The van der Waals surface area contributed by atoms with E-state index in [4.69, 9.17) is 0 Å². The summed E-state index contributed by atoms with van der Waals surface area (Å²) in [6.45, 7) is 4.02. The maximum absolute atomic E-state index is 11.3. The molecule has 1 aliphatic rings. The highest BCUT2D eigenvalue weighted by Crippen LogP contribution is 2.22. The molecule has 0 aromatic heterocycles. The fraction of sp³-hybridized carbons (Fsp3) is 0.778. The van der Waals surface area contributed by atoms with Gasteiger partial charge in [0.2, 0.25) is 11.8 Å². The Bertz CT molecular complexity index is 201. The van der Waals surface area contributed by atoms with Gasteiger partial charge >= 0.3 is 0 Å². The van der Waals surface area contributed by atoms with Crippen molar-refractivity contribution in [2.75, 3.05) is 0 Å². The Morgan fingerprint density at radius 3 is 2.75 bits per heavy atom. The molecule has 0 aromatic rings. The lowest BCUT2D eigenvalue weighted by atomic mass is 9.89. The quantitative estimate of drug-likeness (QED) is 0.597. The van der Waals surface area contributed by atoms with E-state index in [1.165, 1.54) is 0 Å². The molecule has 2 amide bonds. The largest absolute Gasteiger partial charge is 0.296 e. The highest BCUT2D eigenvalue weighted by molar-refractivity contribution is 5.97. The minimum absolute atomic E-state index is 0.0245. The first-order chi connectivity index (χ1) is 5.65. The SMILES string of the molecule is CCC1C(=O)NC(=O)CCC1C. The van der Waals surface area contributed by atoms with E-state index in [0.29, 0.717) is 12.3 Å². The molecule has 68 valence electrons. The minimum atomic E-state index is -0.122. The van der Waals surface area contributed by atoms with Gasteiger partial charge in [0.15, 0.2) is 0 Å². The third-order valence-electron chi connectivity index (χ3n) is 2.55. The van der Waals surface area contributed by atoms with Gasteiger partial charge in [-0.2, -0.15) is 0 Å². The van der Waals surface area contributed by atoms with Crippen molar-refractivity contribution in [3.05, 3.63) is 0 Å². The van der Waals surface area contributed by atoms with E-state index in [0.717, 1.165) is 12.8 Å². The van der Waals surface area contributed by atoms with Crippen molar-refractivity contribution in [1.29, 1.82) is 0 Å². The van der Waals surface area contributed by atoms with Crippen molar-refractivity contribution in [2.45, 2.75) is 33.1 Å².